The average molecular weight is 284 g/mol. The molecule has 20 heavy (non-hydrogen) atoms. The summed E-state index contributed by atoms with van der Waals surface area (Å²) in [6.45, 7) is 0. The first-order valence-electron chi connectivity index (χ1n) is 5.93. The van der Waals surface area contributed by atoms with Crippen molar-refractivity contribution in [2.24, 2.45) is 0 Å². The molecule has 1 aromatic carbocycles. The molecule has 0 bridgehead atoms. The Kier molecular flexibility index (Phi) is 3.57. The molecule has 2 rings (SSSR count). The molecule has 1 fully saturated rings. The van der Waals surface area contributed by atoms with Gasteiger partial charge in [-0.25, -0.2) is 0 Å². The number of nitriles is 1. The van der Waals surface area contributed by atoms with Gasteiger partial charge in [-0.05, 0) is 43.5 Å². The van der Waals surface area contributed by atoms with Crippen molar-refractivity contribution in [3.8, 4) is 11.8 Å². The van der Waals surface area contributed by atoms with Gasteiger partial charge in [-0.1, -0.05) is 0 Å². The highest BCUT2D eigenvalue weighted by Crippen LogP contribution is 2.31. The number of benzene rings is 1. The van der Waals surface area contributed by atoms with E-state index in [1.807, 2.05) is 0 Å². The van der Waals surface area contributed by atoms with E-state index in [-0.39, 0.29) is 5.56 Å². The van der Waals surface area contributed by atoms with Gasteiger partial charge in [-0.2, -0.15) is 5.26 Å². The predicted molar refractivity (Wildman–Crippen MR) is 62.8 cm³/mol. The molecule has 0 saturated heterocycles. The summed E-state index contributed by atoms with van der Waals surface area (Å²) in [7, 11) is 0. The molecule has 0 atom stereocenters. The fourth-order valence-corrected chi connectivity index (χ4v) is 1.89. The van der Waals surface area contributed by atoms with Crippen LogP contribution >= 0.6 is 0 Å². The summed E-state index contributed by atoms with van der Waals surface area (Å²) in [5.74, 6) is -0.877. The highest BCUT2D eigenvalue weighted by Gasteiger charge is 2.38. The lowest BCUT2D eigenvalue weighted by Crippen LogP contribution is -2.52. The topological polar surface area (TPSA) is 62.1 Å². The summed E-state index contributed by atoms with van der Waals surface area (Å²) in [6.07, 6.45) is -2.72. The van der Waals surface area contributed by atoms with Crippen LogP contribution in [0.2, 0.25) is 0 Å². The van der Waals surface area contributed by atoms with Crippen LogP contribution in [0.15, 0.2) is 24.3 Å². The van der Waals surface area contributed by atoms with Crippen LogP contribution in [0, 0.1) is 11.3 Å². The summed E-state index contributed by atoms with van der Waals surface area (Å²) in [5, 5.41) is 11.6. The molecule has 4 nitrogen and oxygen atoms in total. The van der Waals surface area contributed by atoms with Crippen LogP contribution in [0.3, 0.4) is 0 Å². The molecule has 0 aliphatic heterocycles. The zero-order chi connectivity index (χ0) is 14.8. The van der Waals surface area contributed by atoms with Gasteiger partial charge in [0, 0.05) is 5.56 Å². The lowest BCUT2D eigenvalue weighted by molar-refractivity contribution is -0.274. The van der Waals surface area contributed by atoms with E-state index in [4.69, 9.17) is 5.26 Å². The minimum atomic E-state index is -4.76. The Morgan fingerprint density at radius 1 is 1.30 bits per heavy atom. The summed E-state index contributed by atoms with van der Waals surface area (Å²) < 4.78 is 39.7. The van der Waals surface area contributed by atoms with Crippen molar-refractivity contribution in [2.45, 2.75) is 31.2 Å². The van der Waals surface area contributed by atoms with Crippen LogP contribution in [0.25, 0.3) is 0 Å². The Hall–Kier alpha value is -2.23. The first-order valence-corrected chi connectivity index (χ1v) is 5.93. The van der Waals surface area contributed by atoms with E-state index in [0.29, 0.717) is 12.8 Å². The Bertz CT molecular complexity index is 542. The molecule has 0 heterocycles. The number of hydrogen-bond acceptors (Lipinski definition) is 3. The second-order valence-electron chi connectivity index (χ2n) is 4.57. The van der Waals surface area contributed by atoms with E-state index < -0.39 is 23.6 Å². The number of alkyl halides is 3. The highest BCUT2D eigenvalue weighted by molar-refractivity contribution is 5.95. The Morgan fingerprint density at radius 2 is 1.90 bits per heavy atom. The van der Waals surface area contributed by atoms with Gasteiger partial charge in [0.1, 0.15) is 11.3 Å². The van der Waals surface area contributed by atoms with E-state index in [1.165, 1.54) is 12.1 Å². The SMILES string of the molecule is N#CC1(NC(=O)c2ccc(OC(F)(F)F)cc2)CCC1. The third-order valence-electron chi connectivity index (χ3n) is 3.12. The first-order chi connectivity index (χ1) is 9.34. The van der Waals surface area contributed by atoms with Gasteiger partial charge in [0.2, 0.25) is 0 Å². The minimum absolute atomic E-state index is 0.182. The highest BCUT2D eigenvalue weighted by atomic mass is 19.4. The Labute approximate surface area is 113 Å². The van der Waals surface area contributed by atoms with Crippen LogP contribution in [0.5, 0.6) is 5.75 Å². The summed E-state index contributed by atoms with van der Waals surface area (Å²) in [4.78, 5) is 11.9. The van der Waals surface area contributed by atoms with Crippen molar-refractivity contribution in [1.29, 1.82) is 5.26 Å². The van der Waals surface area contributed by atoms with Gasteiger partial charge < -0.3 is 10.1 Å². The van der Waals surface area contributed by atoms with E-state index in [9.17, 15) is 18.0 Å². The van der Waals surface area contributed by atoms with E-state index in [1.54, 1.807) is 0 Å². The average Bonchev–Trinajstić information content (AvgIpc) is 2.32. The molecule has 106 valence electrons. The van der Waals surface area contributed by atoms with Gasteiger partial charge in [0.05, 0.1) is 6.07 Å². The van der Waals surface area contributed by atoms with Crippen LogP contribution in [-0.2, 0) is 0 Å². The smallest absolute Gasteiger partial charge is 0.406 e. The molecular weight excluding hydrogens is 273 g/mol. The maximum Gasteiger partial charge on any atom is 0.573 e. The number of carbonyl (C=O) groups is 1. The van der Waals surface area contributed by atoms with Crippen molar-refractivity contribution in [3.05, 3.63) is 29.8 Å². The van der Waals surface area contributed by atoms with Crippen LogP contribution in [0.1, 0.15) is 29.6 Å². The number of ether oxygens (including phenoxy) is 1. The monoisotopic (exact) mass is 284 g/mol. The number of hydrogen-bond donors (Lipinski definition) is 1. The number of nitrogens with zero attached hydrogens (tertiary/aromatic N) is 1. The van der Waals surface area contributed by atoms with Crippen LogP contribution in [-0.4, -0.2) is 17.8 Å². The predicted octanol–water partition coefficient (Wildman–Crippen LogP) is 2.76. The van der Waals surface area contributed by atoms with Crippen molar-refractivity contribution < 1.29 is 22.7 Å². The number of halogens is 3. The van der Waals surface area contributed by atoms with Crippen molar-refractivity contribution in [3.63, 3.8) is 0 Å². The van der Waals surface area contributed by atoms with Crippen LogP contribution in [0.4, 0.5) is 13.2 Å². The standard InChI is InChI=1S/C13H11F3N2O2/c14-13(15,16)20-10-4-2-9(3-5-10)11(19)18-12(8-17)6-1-7-12/h2-5H,1,6-7H2,(H,18,19). The minimum Gasteiger partial charge on any atom is -0.406 e. The maximum absolute atomic E-state index is 12.0. The largest absolute Gasteiger partial charge is 0.573 e. The summed E-state index contributed by atoms with van der Waals surface area (Å²) in [6, 6.07) is 6.61. The molecule has 1 amide bonds. The molecule has 0 radical (unpaired) electrons. The lowest BCUT2D eigenvalue weighted by Gasteiger charge is -2.35. The maximum atomic E-state index is 12.0. The van der Waals surface area contributed by atoms with Gasteiger partial charge in [0.25, 0.3) is 5.91 Å². The number of amides is 1. The van der Waals surface area contributed by atoms with E-state index >= 15 is 0 Å². The molecule has 1 aromatic rings. The fraction of sp³-hybridized carbons (Fsp3) is 0.385. The quantitative estimate of drug-likeness (QED) is 0.928. The Morgan fingerprint density at radius 3 is 2.30 bits per heavy atom. The molecular formula is C13H11F3N2O2. The molecule has 7 heteroatoms. The molecule has 0 aromatic heterocycles. The fourth-order valence-electron chi connectivity index (χ4n) is 1.89. The zero-order valence-corrected chi connectivity index (χ0v) is 10.3. The first kappa shape index (κ1) is 14.2. The molecule has 0 unspecified atom stereocenters. The van der Waals surface area contributed by atoms with E-state index in [2.05, 4.69) is 16.1 Å². The normalized spacial score (nSPS) is 16.7. The molecule has 1 aliphatic rings. The van der Waals surface area contributed by atoms with Crippen molar-refractivity contribution in [1.82, 2.24) is 5.32 Å². The Balaban J connectivity index is 2.03. The van der Waals surface area contributed by atoms with Crippen molar-refractivity contribution >= 4 is 5.91 Å². The van der Waals surface area contributed by atoms with Crippen LogP contribution < -0.4 is 10.1 Å². The third-order valence-corrected chi connectivity index (χ3v) is 3.12. The van der Waals surface area contributed by atoms with Gasteiger partial charge in [0.15, 0.2) is 0 Å². The number of nitrogens with one attached hydrogen (secondary N) is 1. The molecule has 1 N–H and O–H groups in total. The summed E-state index contributed by atoms with van der Waals surface area (Å²) >= 11 is 0. The second kappa shape index (κ2) is 5.04. The number of carbonyl (C=O) groups excluding carboxylic acids is 1. The van der Waals surface area contributed by atoms with Gasteiger partial charge in [-0.15, -0.1) is 13.2 Å². The van der Waals surface area contributed by atoms with Gasteiger partial charge >= 0.3 is 6.36 Å². The van der Waals surface area contributed by atoms with Crippen molar-refractivity contribution in [2.75, 3.05) is 0 Å². The third kappa shape index (κ3) is 3.20. The second-order valence-corrected chi connectivity index (χ2v) is 4.57. The zero-order valence-electron chi connectivity index (χ0n) is 10.3. The molecule has 1 aliphatic carbocycles. The summed E-state index contributed by atoms with van der Waals surface area (Å²) in [5.41, 5.74) is -0.654. The van der Waals surface area contributed by atoms with E-state index in [0.717, 1.165) is 18.6 Å². The molecule has 1 saturated carbocycles. The molecule has 0 spiro atoms. The van der Waals surface area contributed by atoms with Gasteiger partial charge in [-0.3, -0.25) is 4.79 Å². The lowest BCUT2D eigenvalue weighted by atomic mass is 9.78. The number of rotatable bonds is 3.